The summed E-state index contributed by atoms with van der Waals surface area (Å²) in [6.45, 7) is 4.86. The molecule has 2 unspecified atom stereocenters. The molecule has 0 saturated carbocycles. The van der Waals surface area contributed by atoms with Crippen LogP contribution in [0.4, 0.5) is 4.39 Å². The highest BCUT2D eigenvalue weighted by molar-refractivity contribution is 7.91. The smallest absolute Gasteiger partial charge is 0.152 e. The highest BCUT2D eigenvalue weighted by Gasteiger charge is 2.30. The lowest BCUT2D eigenvalue weighted by atomic mass is 9.94. The maximum atomic E-state index is 13.4. The Labute approximate surface area is 171 Å². The second-order valence-electron chi connectivity index (χ2n) is 7.80. The summed E-state index contributed by atoms with van der Waals surface area (Å²) in [6, 6.07) is 15.1. The highest BCUT2D eigenvalue weighted by Crippen LogP contribution is 2.33. The van der Waals surface area contributed by atoms with Crippen LogP contribution in [0.25, 0.3) is 11.1 Å². The molecule has 0 aromatic heterocycles. The predicted octanol–water partition coefficient (Wildman–Crippen LogP) is 3.00. The van der Waals surface area contributed by atoms with Crippen LogP contribution < -0.4 is 0 Å². The zero-order valence-corrected chi connectivity index (χ0v) is 17.4. The van der Waals surface area contributed by atoms with Gasteiger partial charge in [0.1, 0.15) is 5.82 Å². The number of rotatable bonds is 5. The summed E-state index contributed by atoms with van der Waals surface area (Å²) in [6.07, 6.45) is 1.91. The van der Waals surface area contributed by atoms with Crippen molar-refractivity contribution in [2.45, 2.75) is 19.0 Å². The first kappa shape index (κ1) is 20.0. The van der Waals surface area contributed by atoms with Gasteiger partial charge in [-0.25, -0.2) is 12.8 Å². The topological polar surface area (TPSA) is 53.0 Å². The lowest BCUT2D eigenvalue weighted by Crippen LogP contribution is -2.48. The van der Waals surface area contributed by atoms with Gasteiger partial charge in [-0.05, 0) is 35.7 Å². The molecule has 0 aliphatic carbocycles. The minimum Gasteiger partial charge on any atom is -0.350 e. The predicted molar refractivity (Wildman–Crippen MR) is 114 cm³/mol. The molecule has 154 valence electrons. The van der Waals surface area contributed by atoms with E-state index in [-0.39, 0.29) is 29.4 Å². The zero-order chi connectivity index (χ0) is 20.4. The Kier molecular flexibility index (Phi) is 5.69. The van der Waals surface area contributed by atoms with E-state index in [2.05, 4.69) is 33.8 Å². The number of aliphatic imine (C=N–C) groups is 1. The minimum atomic E-state index is -2.87. The average Bonchev–Trinajstić information content (AvgIpc) is 3.18. The first-order valence-corrected chi connectivity index (χ1v) is 11.8. The summed E-state index contributed by atoms with van der Waals surface area (Å²) in [5.41, 5.74) is 3.24. The van der Waals surface area contributed by atoms with Gasteiger partial charge in [0.2, 0.25) is 0 Å². The molecular weight excluding hydrogens is 389 g/mol. The van der Waals surface area contributed by atoms with E-state index in [1.165, 1.54) is 17.7 Å². The monoisotopic (exact) mass is 415 g/mol. The van der Waals surface area contributed by atoms with E-state index in [0.29, 0.717) is 19.6 Å². The third-order valence-electron chi connectivity index (χ3n) is 5.87. The molecule has 2 aromatic rings. The Morgan fingerprint density at radius 2 is 1.79 bits per heavy atom. The van der Waals surface area contributed by atoms with E-state index < -0.39 is 9.84 Å². The van der Waals surface area contributed by atoms with Gasteiger partial charge in [0, 0.05) is 19.6 Å². The molecule has 4 rings (SSSR count). The molecule has 2 atom stereocenters. The maximum Gasteiger partial charge on any atom is 0.152 e. The van der Waals surface area contributed by atoms with Crippen LogP contribution in [0.15, 0.2) is 53.5 Å². The van der Waals surface area contributed by atoms with Crippen LogP contribution in [0, 0.1) is 5.82 Å². The van der Waals surface area contributed by atoms with Crippen LogP contribution in [0.2, 0.25) is 0 Å². The maximum absolute atomic E-state index is 13.4. The molecule has 7 heteroatoms. The third kappa shape index (κ3) is 4.51. The van der Waals surface area contributed by atoms with E-state index in [4.69, 9.17) is 0 Å². The van der Waals surface area contributed by atoms with Crippen LogP contribution in [-0.2, 0) is 9.84 Å². The molecule has 1 saturated heterocycles. The summed E-state index contributed by atoms with van der Waals surface area (Å²) in [4.78, 5) is 9.00. The fourth-order valence-electron chi connectivity index (χ4n) is 4.17. The van der Waals surface area contributed by atoms with Crippen molar-refractivity contribution in [3.63, 3.8) is 0 Å². The van der Waals surface area contributed by atoms with E-state index in [1.54, 1.807) is 0 Å². The van der Waals surface area contributed by atoms with E-state index in [1.807, 2.05) is 30.6 Å². The van der Waals surface area contributed by atoms with Crippen LogP contribution in [-0.4, -0.2) is 68.3 Å². The minimum absolute atomic E-state index is 0.0982. The molecular formula is C22H26FN3O2S. The molecule has 2 aromatic carbocycles. The van der Waals surface area contributed by atoms with Gasteiger partial charge in [0.25, 0.3) is 0 Å². The van der Waals surface area contributed by atoms with Crippen molar-refractivity contribution in [2.75, 3.05) is 37.7 Å². The van der Waals surface area contributed by atoms with Gasteiger partial charge in [-0.15, -0.1) is 0 Å². The molecule has 0 radical (unpaired) electrons. The molecule has 2 heterocycles. The third-order valence-corrected chi connectivity index (χ3v) is 7.48. The van der Waals surface area contributed by atoms with Crippen LogP contribution in [0.5, 0.6) is 0 Å². The fourth-order valence-corrected chi connectivity index (χ4v) is 5.44. The van der Waals surface area contributed by atoms with Crippen LogP contribution in [0.3, 0.4) is 0 Å². The molecule has 5 nitrogen and oxygen atoms in total. The van der Waals surface area contributed by atoms with Crippen molar-refractivity contribution < 1.29 is 12.8 Å². The quantitative estimate of drug-likeness (QED) is 0.753. The molecule has 2 aliphatic rings. The van der Waals surface area contributed by atoms with Gasteiger partial charge >= 0.3 is 0 Å². The Balaban J connectivity index is 1.52. The number of hydrogen-bond acceptors (Lipinski definition) is 5. The first-order valence-electron chi connectivity index (χ1n) is 9.98. The SMILES string of the molecule is CC(c1ccccc1-c1ccc(F)cc1)N1C=NCC1CN1CCS(=O)(=O)CC1. The summed E-state index contributed by atoms with van der Waals surface area (Å²) in [5, 5.41) is 0. The number of benzene rings is 2. The van der Waals surface area contributed by atoms with Gasteiger partial charge in [0.05, 0.1) is 36.5 Å². The van der Waals surface area contributed by atoms with Crippen LogP contribution in [0.1, 0.15) is 18.5 Å². The average molecular weight is 416 g/mol. The van der Waals surface area contributed by atoms with Gasteiger partial charge in [-0.2, -0.15) is 0 Å². The standard InChI is InChI=1S/C22H26FN3O2S/c1-17(21-4-2-3-5-22(21)18-6-8-19(23)9-7-18)26-16-24-14-20(26)15-25-10-12-29(27,28)13-11-25/h2-9,16-17,20H,10-15H2,1H3. The summed E-state index contributed by atoms with van der Waals surface area (Å²) >= 11 is 0. The summed E-state index contributed by atoms with van der Waals surface area (Å²) in [5.74, 6) is 0.238. The van der Waals surface area contributed by atoms with E-state index in [9.17, 15) is 12.8 Å². The Bertz CT molecular complexity index is 977. The summed E-state index contributed by atoms with van der Waals surface area (Å²) in [7, 11) is -2.87. The van der Waals surface area contributed by atoms with Crippen molar-refractivity contribution in [3.8, 4) is 11.1 Å². The van der Waals surface area contributed by atoms with Gasteiger partial charge in [-0.3, -0.25) is 9.89 Å². The Hall–Kier alpha value is -2.25. The zero-order valence-electron chi connectivity index (χ0n) is 16.5. The van der Waals surface area contributed by atoms with Crippen molar-refractivity contribution in [2.24, 2.45) is 4.99 Å². The van der Waals surface area contributed by atoms with Crippen LogP contribution >= 0.6 is 0 Å². The molecule has 0 N–H and O–H groups in total. The molecule has 1 fully saturated rings. The Morgan fingerprint density at radius 3 is 2.52 bits per heavy atom. The number of sulfone groups is 1. The lowest BCUT2D eigenvalue weighted by molar-refractivity contribution is 0.195. The number of nitrogens with zero attached hydrogens (tertiary/aromatic N) is 3. The van der Waals surface area contributed by atoms with Crippen molar-refractivity contribution >= 4 is 16.2 Å². The number of hydrogen-bond donors (Lipinski definition) is 0. The van der Waals surface area contributed by atoms with Gasteiger partial charge in [0.15, 0.2) is 9.84 Å². The highest BCUT2D eigenvalue weighted by atomic mass is 32.2. The summed E-state index contributed by atoms with van der Waals surface area (Å²) < 4.78 is 36.8. The van der Waals surface area contributed by atoms with Crippen molar-refractivity contribution in [1.29, 1.82) is 0 Å². The fraction of sp³-hybridized carbons (Fsp3) is 0.409. The largest absolute Gasteiger partial charge is 0.350 e. The van der Waals surface area contributed by atoms with Crippen molar-refractivity contribution in [1.82, 2.24) is 9.80 Å². The normalized spacial score (nSPS) is 22.7. The van der Waals surface area contributed by atoms with Crippen molar-refractivity contribution in [3.05, 3.63) is 59.9 Å². The van der Waals surface area contributed by atoms with Gasteiger partial charge < -0.3 is 4.90 Å². The van der Waals surface area contributed by atoms with Gasteiger partial charge in [-0.1, -0.05) is 36.4 Å². The molecule has 2 aliphatic heterocycles. The molecule has 0 spiro atoms. The lowest BCUT2D eigenvalue weighted by Gasteiger charge is -2.36. The molecule has 0 amide bonds. The number of halogens is 1. The first-order chi connectivity index (χ1) is 13.9. The second-order valence-corrected chi connectivity index (χ2v) is 10.1. The van der Waals surface area contributed by atoms with E-state index >= 15 is 0 Å². The molecule has 29 heavy (non-hydrogen) atoms. The molecule has 0 bridgehead atoms. The Morgan fingerprint density at radius 1 is 1.10 bits per heavy atom. The van der Waals surface area contributed by atoms with E-state index in [0.717, 1.165) is 17.7 Å². The second kappa shape index (κ2) is 8.24.